The van der Waals surface area contributed by atoms with Crippen molar-refractivity contribution in [3.63, 3.8) is 0 Å². The monoisotopic (exact) mass is 416 g/mol. The number of benzene rings is 2. The number of esters is 1. The number of hydrogen-bond acceptors (Lipinski definition) is 5. The standard InChI is InChI=1S/C22H24N2O4.ClH/c25-21(16-5-4-15-8-11-27-14-18(15)12-16)24-19-3-1-2-17(13-19)22(26)28-20-6-9-23-10-7-20;/h1-5,12-13,20,23H,6-11,14H2,(H,24,25);1H. The molecule has 0 radical (unpaired) electrons. The van der Waals surface area contributed by atoms with Gasteiger partial charge in [0.15, 0.2) is 0 Å². The first-order valence-corrected chi connectivity index (χ1v) is 9.72. The average molecular weight is 417 g/mol. The van der Waals surface area contributed by atoms with Gasteiger partial charge in [-0.25, -0.2) is 4.79 Å². The Morgan fingerprint density at radius 2 is 1.86 bits per heavy atom. The minimum atomic E-state index is -0.353. The van der Waals surface area contributed by atoms with Crippen LogP contribution in [0.3, 0.4) is 0 Å². The third-order valence-corrected chi connectivity index (χ3v) is 5.16. The first-order chi connectivity index (χ1) is 13.7. The number of piperidine rings is 1. The molecule has 0 aliphatic carbocycles. The van der Waals surface area contributed by atoms with E-state index in [4.69, 9.17) is 9.47 Å². The molecule has 0 atom stereocenters. The molecule has 1 saturated heterocycles. The number of fused-ring (bicyclic) bond motifs is 1. The lowest BCUT2D eigenvalue weighted by molar-refractivity contribution is 0.0229. The Hall–Kier alpha value is -2.41. The van der Waals surface area contributed by atoms with E-state index in [0.29, 0.717) is 23.4 Å². The van der Waals surface area contributed by atoms with Crippen LogP contribution in [0.4, 0.5) is 5.69 Å². The maximum atomic E-state index is 12.6. The van der Waals surface area contributed by atoms with Crippen LogP contribution in [-0.4, -0.2) is 37.7 Å². The average Bonchev–Trinajstić information content (AvgIpc) is 2.74. The van der Waals surface area contributed by atoms with E-state index in [-0.39, 0.29) is 30.4 Å². The summed E-state index contributed by atoms with van der Waals surface area (Å²) >= 11 is 0. The topological polar surface area (TPSA) is 76.7 Å². The molecule has 6 nitrogen and oxygen atoms in total. The zero-order valence-electron chi connectivity index (χ0n) is 16.1. The lowest BCUT2D eigenvalue weighted by Gasteiger charge is -2.22. The fourth-order valence-electron chi connectivity index (χ4n) is 3.57. The minimum absolute atomic E-state index is 0. The van der Waals surface area contributed by atoms with E-state index in [1.165, 1.54) is 5.56 Å². The van der Waals surface area contributed by atoms with E-state index in [1.54, 1.807) is 24.3 Å². The van der Waals surface area contributed by atoms with Gasteiger partial charge in [0.2, 0.25) is 0 Å². The molecular weight excluding hydrogens is 392 g/mol. The van der Waals surface area contributed by atoms with Crippen molar-refractivity contribution >= 4 is 30.0 Å². The smallest absolute Gasteiger partial charge is 0.338 e. The molecule has 0 unspecified atom stereocenters. The molecule has 0 aromatic heterocycles. The Balaban J connectivity index is 0.00000240. The Kier molecular flexibility index (Phi) is 7.25. The van der Waals surface area contributed by atoms with E-state index < -0.39 is 0 Å². The van der Waals surface area contributed by atoms with Crippen LogP contribution < -0.4 is 10.6 Å². The fraction of sp³-hybridized carbons (Fsp3) is 0.364. The maximum absolute atomic E-state index is 12.6. The second-order valence-corrected chi connectivity index (χ2v) is 7.18. The first-order valence-electron chi connectivity index (χ1n) is 9.72. The van der Waals surface area contributed by atoms with Gasteiger partial charge in [-0.3, -0.25) is 4.79 Å². The highest BCUT2D eigenvalue weighted by Crippen LogP contribution is 2.20. The molecule has 2 aromatic rings. The number of halogens is 1. The van der Waals surface area contributed by atoms with Crippen molar-refractivity contribution in [1.29, 1.82) is 0 Å². The highest BCUT2D eigenvalue weighted by molar-refractivity contribution is 6.05. The molecule has 1 amide bonds. The van der Waals surface area contributed by atoms with Crippen LogP contribution in [0.5, 0.6) is 0 Å². The molecule has 2 heterocycles. The predicted octanol–water partition coefficient (Wildman–Crippen LogP) is 3.34. The van der Waals surface area contributed by atoms with Crippen LogP contribution >= 0.6 is 12.4 Å². The largest absolute Gasteiger partial charge is 0.459 e. The SMILES string of the molecule is Cl.O=C(Nc1cccc(C(=O)OC2CCNCC2)c1)c1ccc2c(c1)COCC2. The number of carbonyl (C=O) groups is 2. The van der Waals surface area contributed by atoms with Gasteiger partial charge in [-0.05, 0) is 73.8 Å². The molecule has 2 aromatic carbocycles. The Morgan fingerprint density at radius 1 is 1.03 bits per heavy atom. The molecule has 7 heteroatoms. The first kappa shape index (κ1) is 21.3. The third kappa shape index (κ3) is 5.35. The second-order valence-electron chi connectivity index (χ2n) is 7.18. The number of rotatable bonds is 4. The Bertz CT molecular complexity index is 881. The van der Waals surface area contributed by atoms with Crippen LogP contribution in [0, 0.1) is 0 Å². The van der Waals surface area contributed by atoms with E-state index in [9.17, 15) is 9.59 Å². The van der Waals surface area contributed by atoms with Crippen LogP contribution in [0.2, 0.25) is 0 Å². The summed E-state index contributed by atoms with van der Waals surface area (Å²) in [6.45, 7) is 2.98. The van der Waals surface area contributed by atoms with Crippen molar-refractivity contribution in [2.45, 2.75) is 32.0 Å². The van der Waals surface area contributed by atoms with E-state index in [0.717, 1.165) is 44.5 Å². The number of ether oxygens (including phenoxy) is 2. The number of nitrogens with one attached hydrogen (secondary N) is 2. The zero-order valence-corrected chi connectivity index (χ0v) is 16.9. The zero-order chi connectivity index (χ0) is 19.3. The van der Waals surface area contributed by atoms with Gasteiger partial charge in [0.1, 0.15) is 6.10 Å². The normalized spacial score (nSPS) is 16.3. The highest BCUT2D eigenvalue weighted by Gasteiger charge is 2.19. The van der Waals surface area contributed by atoms with Crippen LogP contribution in [-0.2, 0) is 22.5 Å². The van der Waals surface area contributed by atoms with Crippen molar-refractivity contribution in [2.24, 2.45) is 0 Å². The molecule has 1 fully saturated rings. The summed E-state index contributed by atoms with van der Waals surface area (Å²) in [5, 5.41) is 6.11. The molecule has 2 aliphatic rings. The van der Waals surface area contributed by atoms with Gasteiger partial charge in [-0.2, -0.15) is 0 Å². The quantitative estimate of drug-likeness (QED) is 0.747. The number of carbonyl (C=O) groups excluding carboxylic acids is 2. The highest BCUT2D eigenvalue weighted by atomic mass is 35.5. The number of hydrogen-bond donors (Lipinski definition) is 2. The van der Waals surface area contributed by atoms with Crippen molar-refractivity contribution in [2.75, 3.05) is 25.0 Å². The fourth-order valence-corrected chi connectivity index (χ4v) is 3.57. The van der Waals surface area contributed by atoms with Gasteiger partial charge in [0.05, 0.1) is 18.8 Å². The molecule has 0 bridgehead atoms. The molecular formula is C22H25ClN2O4. The predicted molar refractivity (Wildman–Crippen MR) is 113 cm³/mol. The molecule has 0 spiro atoms. The van der Waals surface area contributed by atoms with Gasteiger partial charge in [0, 0.05) is 11.3 Å². The summed E-state index contributed by atoms with van der Waals surface area (Å²) in [7, 11) is 0. The van der Waals surface area contributed by atoms with Crippen LogP contribution in [0.15, 0.2) is 42.5 Å². The van der Waals surface area contributed by atoms with Gasteiger partial charge >= 0.3 is 5.97 Å². The Morgan fingerprint density at radius 3 is 2.69 bits per heavy atom. The summed E-state index contributed by atoms with van der Waals surface area (Å²) < 4.78 is 11.0. The number of anilines is 1. The van der Waals surface area contributed by atoms with Crippen molar-refractivity contribution in [1.82, 2.24) is 5.32 Å². The van der Waals surface area contributed by atoms with Gasteiger partial charge < -0.3 is 20.1 Å². The summed E-state index contributed by atoms with van der Waals surface area (Å²) in [5.41, 5.74) is 3.87. The van der Waals surface area contributed by atoms with Gasteiger partial charge in [0.25, 0.3) is 5.91 Å². The third-order valence-electron chi connectivity index (χ3n) is 5.16. The molecule has 29 heavy (non-hydrogen) atoms. The van der Waals surface area contributed by atoms with Crippen molar-refractivity contribution in [3.8, 4) is 0 Å². The van der Waals surface area contributed by atoms with Crippen LogP contribution in [0.1, 0.15) is 44.7 Å². The van der Waals surface area contributed by atoms with Gasteiger partial charge in [-0.1, -0.05) is 12.1 Å². The van der Waals surface area contributed by atoms with E-state index in [1.807, 2.05) is 18.2 Å². The Labute approximate surface area is 176 Å². The second kappa shape index (κ2) is 9.87. The molecule has 0 saturated carbocycles. The van der Waals surface area contributed by atoms with E-state index >= 15 is 0 Å². The van der Waals surface area contributed by atoms with Crippen LogP contribution in [0.25, 0.3) is 0 Å². The van der Waals surface area contributed by atoms with Crippen molar-refractivity contribution < 1.29 is 19.1 Å². The summed E-state index contributed by atoms with van der Waals surface area (Å²) in [4.78, 5) is 25.0. The molecule has 154 valence electrons. The maximum Gasteiger partial charge on any atom is 0.338 e. The van der Waals surface area contributed by atoms with E-state index in [2.05, 4.69) is 10.6 Å². The van der Waals surface area contributed by atoms with Gasteiger partial charge in [-0.15, -0.1) is 12.4 Å². The lowest BCUT2D eigenvalue weighted by atomic mass is 10.00. The lowest BCUT2D eigenvalue weighted by Crippen LogP contribution is -2.33. The summed E-state index contributed by atoms with van der Waals surface area (Å²) in [5.74, 6) is -0.564. The summed E-state index contributed by atoms with van der Waals surface area (Å²) in [6.07, 6.45) is 2.47. The molecule has 2 aliphatic heterocycles. The minimum Gasteiger partial charge on any atom is -0.459 e. The molecule has 2 N–H and O–H groups in total. The number of amides is 1. The summed E-state index contributed by atoms with van der Waals surface area (Å²) in [6, 6.07) is 12.6. The van der Waals surface area contributed by atoms with Crippen molar-refractivity contribution in [3.05, 3.63) is 64.7 Å². The molecule has 4 rings (SSSR count).